The van der Waals surface area contributed by atoms with Crippen molar-refractivity contribution in [3.8, 4) is 0 Å². The second-order valence-electron chi connectivity index (χ2n) is 4.33. The van der Waals surface area contributed by atoms with E-state index in [0.29, 0.717) is 11.6 Å². The zero-order chi connectivity index (χ0) is 13.0. The van der Waals surface area contributed by atoms with Crippen molar-refractivity contribution in [2.75, 3.05) is 11.5 Å². The van der Waals surface area contributed by atoms with E-state index >= 15 is 0 Å². The molecular formula is C13H19NO2S. The zero-order valence-electron chi connectivity index (χ0n) is 10.5. The Morgan fingerprint density at radius 3 is 2.71 bits per heavy atom. The molecule has 0 fully saturated rings. The SMILES string of the molecule is CCC(C)CSc1cc(C)c(N)c(C(=O)O)c1. The summed E-state index contributed by atoms with van der Waals surface area (Å²) in [6.45, 7) is 6.19. The van der Waals surface area contributed by atoms with Crippen LogP contribution in [0.5, 0.6) is 0 Å². The summed E-state index contributed by atoms with van der Waals surface area (Å²) in [6.07, 6.45) is 1.13. The zero-order valence-corrected chi connectivity index (χ0v) is 11.3. The quantitative estimate of drug-likeness (QED) is 0.623. The summed E-state index contributed by atoms with van der Waals surface area (Å²) in [5.74, 6) is 0.668. The molecule has 1 unspecified atom stereocenters. The number of nitrogen functional groups attached to an aromatic ring is 1. The van der Waals surface area contributed by atoms with Crippen LogP contribution in [0.2, 0.25) is 0 Å². The number of carbonyl (C=O) groups is 1. The van der Waals surface area contributed by atoms with E-state index in [2.05, 4.69) is 13.8 Å². The summed E-state index contributed by atoms with van der Waals surface area (Å²) < 4.78 is 0. The minimum absolute atomic E-state index is 0.205. The lowest BCUT2D eigenvalue weighted by Gasteiger charge is -2.11. The van der Waals surface area contributed by atoms with Crippen molar-refractivity contribution in [3.63, 3.8) is 0 Å². The molecule has 1 rings (SSSR count). The molecule has 0 aromatic heterocycles. The number of thioether (sulfide) groups is 1. The van der Waals surface area contributed by atoms with E-state index in [1.54, 1.807) is 17.8 Å². The Morgan fingerprint density at radius 2 is 2.18 bits per heavy atom. The van der Waals surface area contributed by atoms with Crippen molar-refractivity contribution in [1.82, 2.24) is 0 Å². The van der Waals surface area contributed by atoms with Gasteiger partial charge in [-0.15, -0.1) is 11.8 Å². The van der Waals surface area contributed by atoms with E-state index in [-0.39, 0.29) is 5.56 Å². The van der Waals surface area contributed by atoms with Crippen LogP contribution in [-0.2, 0) is 0 Å². The first-order valence-electron chi connectivity index (χ1n) is 5.71. The van der Waals surface area contributed by atoms with E-state index < -0.39 is 5.97 Å². The smallest absolute Gasteiger partial charge is 0.337 e. The third-order valence-electron chi connectivity index (χ3n) is 2.82. The third-order valence-corrected chi connectivity index (χ3v) is 4.13. The standard InChI is InChI=1S/C13H19NO2S/c1-4-8(2)7-17-10-5-9(3)12(14)11(6-10)13(15)16/h5-6,8H,4,7,14H2,1-3H3,(H,15,16). The molecule has 0 amide bonds. The van der Waals surface area contributed by atoms with Crippen LogP contribution < -0.4 is 5.73 Å². The molecule has 0 aliphatic heterocycles. The lowest BCUT2D eigenvalue weighted by atomic mass is 10.1. The molecule has 0 heterocycles. The van der Waals surface area contributed by atoms with Crippen LogP contribution >= 0.6 is 11.8 Å². The Kier molecular flexibility index (Phi) is 4.87. The van der Waals surface area contributed by atoms with Gasteiger partial charge in [-0.3, -0.25) is 0 Å². The molecule has 1 aromatic rings. The van der Waals surface area contributed by atoms with Crippen molar-refractivity contribution in [2.24, 2.45) is 5.92 Å². The van der Waals surface area contributed by atoms with Gasteiger partial charge in [0.15, 0.2) is 0 Å². The highest BCUT2D eigenvalue weighted by Crippen LogP contribution is 2.28. The molecule has 94 valence electrons. The normalized spacial score (nSPS) is 12.4. The molecule has 1 aromatic carbocycles. The Balaban J connectivity index is 2.91. The van der Waals surface area contributed by atoms with Crippen molar-refractivity contribution in [1.29, 1.82) is 0 Å². The fraction of sp³-hybridized carbons (Fsp3) is 0.462. The van der Waals surface area contributed by atoms with Gasteiger partial charge in [0, 0.05) is 16.3 Å². The number of nitrogens with two attached hydrogens (primary N) is 1. The number of benzene rings is 1. The van der Waals surface area contributed by atoms with E-state index in [1.165, 1.54) is 0 Å². The van der Waals surface area contributed by atoms with Crippen LogP contribution in [0.1, 0.15) is 36.2 Å². The number of carboxylic acids is 1. The second kappa shape index (κ2) is 5.96. The maximum Gasteiger partial charge on any atom is 0.337 e. The van der Waals surface area contributed by atoms with E-state index in [9.17, 15) is 4.79 Å². The second-order valence-corrected chi connectivity index (χ2v) is 5.42. The average molecular weight is 253 g/mol. The van der Waals surface area contributed by atoms with Gasteiger partial charge in [-0.1, -0.05) is 20.3 Å². The molecule has 3 nitrogen and oxygen atoms in total. The molecule has 0 saturated carbocycles. The fourth-order valence-corrected chi connectivity index (χ4v) is 2.56. The van der Waals surface area contributed by atoms with Crippen LogP contribution in [0.3, 0.4) is 0 Å². The van der Waals surface area contributed by atoms with E-state index in [1.807, 2.05) is 13.0 Å². The highest BCUT2D eigenvalue weighted by atomic mass is 32.2. The fourth-order valence-electron chi connectivity index (χ4n) is 1.38. The molecule has 4 heteroatoms. The van der Waals surface area contributed by atoms with Crippen LogP contribution in [-0.4, -0.2) is 16.8 Å². The van der Waals surface area contributed by atoms with Crippen LogP contribution in [0.15, 0.2) is 17.0 Å². The maximum atomic E-state index is 11.0. The first-order valence-corrected chi connectivity index (χ1v) is 6.70. The number of hydrogen-bond donors (Lipinski definition) is 2. The predicted octanol–water partition coefficient (Wildman–Crippen LogP) is 3.41. The number of hydrogen-bond acceptors (Lipinski definition) is 3. The van der Waals surface area contributed by atoms with Crippen molar-refractivity contribution in [3.05, 3.63) is 23.3 Å². The van der Waals surface area contributed by atoms with Gasteiger partial charge < -0.3 is 10.8 Å². The Morgan fingerprint density at radius 1 is 1.53 bits per heavy atom. The van der Waals surface area contributed by atoms with E-state index in [0.717, 1.165) is 22.6 Å². The Hall–Kier alpha value is -1.16. The molecular weight excluding hydrogens is 234 g/mol. The van der Waals surface area contributed by atoms with Gasteiger partial charge in [0.25, 0.3) is 0 Å². The number of carboxylic acid groups (broad SMARTS) is 1. The largest absolute Gasteiger partial charge is 0.478 e. The molecule has 3 N–H and O–H groups in total. The van der Waals surface area contributed by atoms with Gasteiger partial charge in [0.2, 0.25) is 0 Å². The first-order chi connectivity index (χ1) is 7.95. The average Bonchev–Trinajstić information content (AvgIpc) is 2.29. The third kappa shape index (κ3) is 3.66. The minimum Gasteiger partial charge on any atom is -0.478 e. The monoisotopic (exact) mass is 253 g/mol. The summed E-state index contributed by atoms with van der Waals surface area (Å²) in [6, 6.07) is 3.62. The predicted molar refractivity (Wildman–Crippen MR) is 72.7 cm³/mol. The highest BCUT2D eigenvalue weighted by molar-refractivity contribution is 7.99. The van der Waals surface area contributed by atoms with Crippen LogP contribution in [0.25, 0.3) is 0 Å². The summed E-state index contributed by atoms with van der Waals surface area (Å²) >= 11 is 1.69. The lowest BCUT2D eigenvalue weighted by molar-refractivity contribution is 0.0697. The van der Waals surface area contributed by atoms with Crippen molar-refractivity contribution < 1.29 is 9.90 Å². The topological polar surface area (TPSA) is 63.3 Å². The van der Waals surface area contributed by atoms with Gasteiger partial charge in [0.05, 0.1) is 5.56 Å². The Bertz CT molecular complexity index is 418. The molecule has 0 spiro atoms. The summed E-state index contributed by atoms with van der Waals surface area (Å²) in [5, 5.41) is 9.05. The van der Waals surface area contributed by atoms with Crippen molar-refractivity contribution in [2.45, 2.75) is 32.1 Å². The van der Waals surface area contributed by atoms with E-state index in [4.69, 9.17) is 10.8 Å². The van der Waals surface area contributed by atoms with Gasteiger partial charge in [-0.25, -0.2) is 4.79 Å². The minimum atomic E-state index is -0.961. The molecule has 0 bridgehead atoms. The molecule has 17 heavy (non-hydrogen) atoms. The maximum absolute atomic E-state index is 11.0. The highest BCUT2D eigenvalue weighted by Gasteiger charge is 2.12. The first kappa shape index (κ1) is 13.9. The summed E-state index contributed by atoms with van der Waals surface area (Å²) in [5.41, 5.74) is 7.15. The molecule has 0 radical (unpaired) electrons. The number of aryl methyl sites for hydroxylation is 1. The molecule has 0 aliphatic carbocycles. The summed E-state index contributed by atoms with van der Waals surface area (Å²) in [7, 11) is 0. The summed E-state index contributed by atoms with van der Waals surface area (Å²) in [4.78, 5) is 12.0. The van der Waals surface area contributed by atoms with Crippen LogP contribution in [0, 0.1) is 12.8 Å². The number of rotatable bonds is 5. The van der Waals surface area contributed by atoms with Gasteiger partial charge in [0.1, 0.15) is 0 Å². The van der Waals surface area contributed by atoms with Gasteiger partial charge >= 0.3 is 5.97 Å². The van der Waals surface area contributed by atoms with Gasteiger partial charge in [-0.05, 0) is 30.5 Å². The number of aromatic carboxylic acids is 1. The van der Waals surface area contributed by atoms with Crippen LogP contribution in [0.4, 0.5) is 5.69 Å². The molecule has 0 aliphatic rings. The lowest BCUT2D eigenvalue weighted by Crippen LogP contribution is -2.05. The molecule has 0 saturated heterocycles. The Labute approximate surface area is 106 Å². The van der Waals surface area contributed by atoms with Gasteiger partial charge in [-0.2, -0.15) is 0 Å². The number of anilines is 1. The van der Waals surface area contributed by atoms with Crippen molar-refractivity contribution >= 4 is 23.4 Å². The molecule has 1 atom stereocenters.